The van der Waals surface area contributed by atoms with Crippen LogP contribution in [0.4, 0.5) is 0 Å². The lowest BCUT2D eigenvalue weighted by atomic mass is 9.69. The van der Waals surface area contributed by atoms with E-state index in [2.05, 4.69) is 218 Å². The first-order valence-corrected chi connectivity index (χ1v) is 23.6. The summed E-state index contributed by atoms with van der Waals surface area (Å²) in [6, 6.07) is 84.3. The summed E-state index contributed by atoms with van der Waals surface area (Å²) < 4.78 is 0. The van der Waals surface area contributed by atoms with Crippen molar-refractivity contribution >= 4 is 97.0 Å². The molecule has 0 atom stereocenters. The van der Waals surface area contributed by atoms with Crippen LogP contribution in [0.25, 0.3) is 141 Å². The highest BCUT2D eigenvalue weighted by Gasteiger charge is 2.52. The Kier molecular flexibility index (Phi) is 6.23. The molecule has 0 heterocycles. The van der Waals surface area contributed by atoms with Gasteiger partial charge in [-0.25, -0.2) is 0 Å². The minimum atomic E-state index is -0.569. The molecule has 0 bridgehead atoms. The molecular weight excluding hydrogens is 805 g/mol. The zero-order valence-electron chi connectivity index (χ0n) is 36.3. The summed E-state index contributed by atoms with van der Waals surface area (Å²) in [6.45, 7) is 0. The third-order valence-corrected chi connectivity index (χ3v) is 16.5. The van der Waals surface area contributed by atoms with Crippen LogP contribution in [0.5, 0.6) is 0 Å². The van der Waals surface area contributed by atoms with E-state index in [0.717, 1.165) is 0 Å². The SMILES string of the molecule is c1ccc2c(c1)-c1c(cc3ccc4cccc5ccc1c3c45)C21c2cc(-c3ccc4ccc5cccc6ccc3c4c56)ccc2-c2ccc(-c3ccc4ccc5cccc6ccc3c4c56)cc21. The Balaban J connectivity index is 0.992. The van der Waals surface area contributed by atoms with Gasteiger partial charge in [-0.05, 0) is 182 Å². The molecule has 0 radical (unpaired) electrons. The summed E-state index contributed by atoms with van der Waals surface area (Å²) in [5.74, 6) is 0. The highest BCUT2D eigenvalue weighted by atomic mass is 14.5. The molecule has 0 saturated carbocycles. The van der Waals surface area contributed by atoms with Crippen LogP contribution in [0.2, 0.25) is 0 Å². The Morgan fingerprint density at radius 2 is 0.597 bits per heavy atom. The second kappa shape index (κ2) is 12.0. The van der Waals surface area contributed by atoms with Crippen molar-refractivity contribution in [3.63, 3.8) is 0 Å². The molecule has 0 aliphatic heterocycles. The summed E-state index contributed by atoms with van der Waals surface area (Å²) in [5.41, 5.74) is 15.2. The van der Waals surface area contributed by atoms with Crippen LogP contribution < -0.4 is 0 Å². The summed E-state index contributed by atoms with van der Waals surface area (Å²) in [5, 5.41) is 23.7. The maximum absolute atomic E-state index is 2.58. The lowest BCUT2D eigenvalue weighted by Crippen LogP contribution is -2.26. The Labute approximate surface area is 385 Å². The number of fused-ring (bicyclic) bond motifs is 11. The molecule has 0 saturated heterocycles. The van der Waals surface area contributed by atoms with E-state index in [0.29, 0.717) is 0 Å². The topological polar surface area (TPSA) is 0 Å². The summed E-state index contributed by atoms with van der Waals surface area (Å²) in [6.07, 6.45) is 0. The third kappa shape index (κ3) is 4.14. The Bertz CT molecular complexity index is 4430. The fourth-order valence-corrected chi connectivity index (χ4v) is 13.8. The van der Waals surface area contributed by atoms with E-state index in [4.69, 9.17) is 0 Å². The van der Waals surface area contributed by atoms with Gasteiger partial charge >= 0.3 is 0 Å². The van der Waals surface area contributed by atoms with Crippen molar-refractivity contribution < 1.29 is 0 Å². The molecule has 0 heteroatoms. The van der Waals surface area contributed by atoms with Crippen LogP contribution in [-0.4, -0.2) is 0 Å². The lowest BCUT2D eigenvalue weighted by molar-refractivity contribution is 0.796. The molecule has 0 nitrogen and oxygen atoms in total. The largest absolute Gasteiger partial charge is 0.0726 e. The number of hydrogen-bond acceptors (Lipinski definition) is 0. The maximum Gasteiger partial charge on any atom is 0.0726 e. The van der Waals surface area contributed by atoms with Gasteiger partial charge in [0.15, 0.2) is 0 Å². The van der Waals surface area contributed by atoms with E-state index in [1.807, 2.05) is 0 Å². The summed E-state index contributed by atoms with van der Waals surface area (Å²) >= 11 is 0. The van der Waals surface area contributed by atoms with Crippen molar-refractivity contribution in [2.75, 3.05) is 0 Å². The molecule has 0 N–H and O–H groups in total. The summed E-state index contributed by atoms with van der Waals surface area (Å²) in [7, 11) is 0. The minimum absolute atomic E-state index is 0.569. The lowest BCUT2D eigenvalue weighted by Gasteiger charge is -2.31. The molecule has 1 spiro atoms. The van der Waals surface area contributed by atoms with Crippen LogP contribution in [0.3, 0.4) is 0 Å². The molecule has 0 unspecified atom stereocenters. The molecule has 15 aromatic rings. The van der Waals surface area contributed by atoms with Crippen LogP contribution in [-0.2, 0) is 5.41 Å². The van der Waals surface area contributed by atoms with Gasteiger partial charge in [-0.2, -0.15) is 0 Å². The van der Waals surface area contributed by atoms with Crippen LogP contribution in [0.1, 0.15) is 22.3 Å². The smallest absolute Gasteiger partial charge is 0.0619 e. The van der Waals surface area contributed by atoms with E-state index >= 15 is 0 Å². The Morgan fingerprint density at radius 1 is 0.209 bits per heavy atom. The van der Waals surface area contributed by atoms with Gasteiger partial charge in [0.2, 0.25) is 0 Å². The van der Waals surface area contributed by atoms with Crippen LogP contribution in [0, 0.1) is 0 Å². The van der Waals surface area contributed by atoms with Gasteiger partial charge in [0.05, 0.1) is 5.41 Å². The predicted molar refractivity (Wildman–Crippen MR) is 285 cm³/mol. The van der Waals surface area contributed by atoms with Crippen LogP contribution >= 0.6 is 0 Å². The molecule has 2 aliphatic rings. The van der Waals surface area contributed by atoms with Crippen molar-refractivity contribution in [2.24, 2.45) is 0 Å². The van der Waals surface area contributed by atoms with Crippen molar-refractivity contribution in [3.8, 4) is 44.5 Å². The second-order valence-electron chi connectivity index (χ2n) is 19.4. The molecule has 17 rings (SSSR count). The maximum atomic E-state index is 2.58. The van der Waals surface area contributed by atoms with Crippen molar-refractivity contribution in [1.29, 1.82) is 0 Å². The normalized spacial score (nSPS) is 13.8. The van der Waals surface area contributed by atoms with E-state index in [1.54, 1.807) is 0 Å². The van der Waals surface area contributed by atoms with Gasteiger partial charge < -0.3 is 0 Å². The predicted octanol–water partition coefficient (Wildman–Crippen LogP) is 18.1. The highest BCUT2D eigenvalue weighted by molar-refractivity contribution is 6.29. The van der Waals surface area contributed by atoms with Gasteiger partial charge in [0.25, 0.3) is 0 Å². The number of rotatable bonds is 2. The summed E-state index contributed by atoms with van der Waals surface area (Å²) in [4.78, 5) is 0. The third-order valence-electron chi connectivity index (χ3n) is 16.5. The Morgan fingerprint density at radius 3 is 1.10 bits per heavy atom. The van der Waals surface area contributed by atoms with Crippen LogP contribution in [0.15, 0.2) is 218 Å². The van der Waals surface area contributed by atoms with E-state index in [1.165, 1.54) is 164 Å². The molecule has 0 fully saturated rings. The van der Waals surface area contributed by atoms with Crippen molar-refractivity contribution in [1.82, 2.24) is 0 Å². The minimum Gasteiger partial charge on any atom is -0.0619 e. The first-order valence-electron chi connectivity index (χ1n) is 23.6. The second-order valence-corrected chi connectivity index (χ2v) is 19.4. The first-order chi connectivity index (χ1) is 33.2. The Hall–Kier alpha value is -8.58. The molecule has 304 valence electrons. The number of benzene rings is 15. The van der Waals surface area contributed by atoms with E-state index < -0.39 is 5.41 Å². The molecule has 67 heavy (non-hydrogen) atoms. The first kappa shape index (κ1) is 34.8. The van der Waals surface area contributed by atoms with Gasteiger partial charge in [0.1, 0.15) is 0 Å². The van der Waals surface area contributed by atoms with Gasteiger partial charge in [0, 0.05) is 0 Å². The average molecular weight is 841 g/mol. The average Bonchev–Trinajstić information content (AvgIpc) is 3.85. The molecular formula is C67H36. The molecule has 15 aromatic carbocycles. The number of hydrogen-bond donors (Lipinski definition) is 0. The monoisotopic (exact) mass is 840 g/mol. The van der Waals surface area contributed by atoms with Crippen molar-refractivity contribution in [3.05, 3.63) is 241 Å². The fraction of sp³-hybridized carbons (Fsp3) is 0.0149. The molecule has 2 aliphatic carbocycles. The fourth-order valence-electron chi connectivity index (χ4n) is 13.8. The zero-order valence-corrected chi connectivity index (χ0v) is 36.3. The highest BCUT2D eigenvalue weighted by Crippen LogP contribution is 2.65. The van der Waals surface area contributed by atoms with Crippen molar-refractivity contribution in [2.45, 2.75) is 5.41 Å². The van der Waals surface area contributed by atoms with Gasteiger partial charge in [-0.3, -0.25) is 0 Å². The van der Waals surface area contributed by atoms with Gasteiger partial charge in [-0.1, -0.05) is 200 Å². The molecule has 0 amide bonds. The zero-order chi connectivity index (χ0) is 43.3. The van der Waals surface area contributed by atoms with E-state index in [-0.39, 0.29) is 0 Å². The standard InChI is InChI=1S/C67H36/c1-2-13-56-54(12-1)66-55-33-24-42-11-5-8-39-18-19-47(65(55)62(39)42)36-59(66)67(56)57-34-45(48-27-20-43-16-14-37-6-3-9-40-22-31-52(48)63(43)60(37)40)25-29-50(57)51-30-26-46(35-58(51)67)49-28-21-44-17-15-38-7-4-10-41-23-32-53(49)64(44)61(38)41/h1-36H. The molecule has 0 aromatic heterocycles. The van der Waals surface area contributed by atoms with E-state index in [9.17, 15) is 0 Å². The quantitative estimate of drug-likeness (QED) is 0.152. The van der Waals surface area contributed by atoms with Gasteiger partial charge in [-0.15, -0.1) is 0 Å².